The van der Waals surface area contributed by atoms with E-state index >= 15 is 0 Å². The molecule has 7 aromatic carbocycles. The van der Waals surface area contributed by atoms with Crippen LogP contribution in [0.25, 0.3) is 94.7 Å². The van der Waals surface area contributed by atoms with Crippen molar-refractivity contribution in [3.63, 3.8) is 0 Å². The highest BCUT2D eigenvalue weighted by Gasteiger charge is 2.16. The molecule has 0 saturated heterocycles. The van der Waals surface area contributed by atoms with Crippen molar-refractivity contribution < 1.29 is 4.42 Å². The summed E-state index contributed by atoms with van der Waals surface area (Å²) in [7, 11) is 0. The summed E-state index contributed by atoms with van der Waals surface area (Å²) in [6, 6.07) is 58.6. The van der Waals surface area contributed by atoms with Crippen LogP contribution in [0.3, 0.4) is 0 Å². The standard InChI is InChI=1S/C45H28N4O/c1-3-11-30(12-4-1)43-46-44(31-13-5-2-6-14-31)48-45(47-43)32-21-19-29(20-22-32)33-23-25-37-38-28-34(24-26-41(38)50-42(37)27-33)49-39-17-9-7-15-35(39)36-16-8-10-18-40(36)49/h1-28H. The summed E-state index contributed by atoms with van der Waals surface area (Å²) in [5.41, 5.74) is 10.2. The molecule has 50 heavy (non-hydrogen) atoms. The van der Waals surface area contributed by atoms with Gasteiger partial charge in [0.15, 0.2) is 17.5 Å². The topological polar surface area (TPSA) is 56.7 Å². The molecule has 0 atom stereocenters. The van der Waals surface area contributed by atoms with E-state index in [1.54, 1.807) is 0 Å². The zero-order valence-corrected chi connectivity index (χ0v) is 26.9. The van der Waals surface area contributed by atoms with E-state index in [1.165, 1.54) is 21.8 Å². The first-order valence-electron chi connectivity index (χ1n) is 16.7. The molecule has 0 fully saturated rings. The Morgan fingerprint density at radius 3 is 1.44 bits per heavy atom. The summed E-state index contributed by atoms with van der Waals surface area (Å²) in [6.07, 6.45) is 0. The van der Waals surface area contributed by atoms with Crippen LogP contribution in [0.1, 0.15) is 0 Å². The van der Waals surface area contributed by atoms with Crippen LogP contribution < -0.4 is 0 Å². The van der Waals surface area contributed by atoms with E-state index in [1.807, 2.05) is 60.7 Å². The van der Waals surface area contributed by atoms with Gasteiger partial charge in [-0.05, 0) is 53.6 Å². The number of benzene rings is 7. The van der Waals surface area contributed by atoms with E-state index in [4.69, 9.17) is 19.4 Å². The van der Waals surface area contributed by atoms with Crippen LogP contribution in [0, 0.1) is 0 Å². The van der Waals surface area contributed by atoms with E-state index in [0.29, 0.717) is 17.5 Å². The Morgan fingerprint density at radius 2 is 0.840 bits per heavy atom. The summed E-state index contributed by atoms with van der Waals surface area (Å²) < 4.78 is 8.77. The van der Waals surface area contributed by atoms with Crippen molar-refractivity contribution in [1.82, 2.24) is 19.5 Å². The van der Waals surface area contributed by atoms with Crippen LogP contribution in [0.4, 0.5) is 0 Å². The maximum absolute atomic E-state index is 6.43. The van der Waals surface area contributed by atoms with Gasteiger partial charge in [-0.2, -0.15) is 0 Å². The van der Waals surface area contributed by atoms with Crippen LogP contribution in [-0.2, 0) is 0 Å². The number of aromatic nitrogens is 4. The molecule has 10 aromatic rings. The lowest BCUT2D eigenvalue weighted by Gasteiger charge is -2.09. The van der Waals surface area contributed by atoms with Gasteiger partial charge in [-0.3, -0.25) is 0 Å². The van der Waals surface area contributed by atoms with Crippen LogP contribution in [0.2, 0.25) is 0 Å². The van der Waals surface area contributed by atoms with Gasteiger partial charge in [-0.1, -0.05) is 127 Å². The van der Waals surface area contributed by atoms with E-state index in [9.17, 15) is 0 Å². The number of rotatable bonds is 5. The average molecular weight is 641 g/mol. The van der Waals surface area contributed by atoms with Crippen molar-refractivity contribution in [3.05, 3.63) is 170 Å². The van der Waals surface area contributed by atoms with Crippen LogP contribution in [-0.4, -0.2) is 19.5 Å². The van der Waals surface area contributed by atoms with E-state index < -0.39 is 0 Å². The monoisotopic (exact) mass is 640 g/mol. The van der Waals surface area contributed by atoms with Crippen molar-refractivity contribution in [2.75, 3.05) is 0 Å². The van der Waals surface area contributed by atoms with Gasteiger partial charge in [-0.15, -0.1) is 0 Å². The predicted molar refractivity (Wildman–Crippen MR) is 203 cm³/mol. The fourth-order valence-electron chi connectivity index (χ4n) is 7.03. The Kier molecular flexibility index (Phi) is 6.42. The summed E-state index contributed by atoms with van der Waals surface area (Å²) in [4.78, 5) is 14.6. The lowest BCUT2D eigenvalue weighted by molar-refractivity contribution is 0.669. The van der Waals surface area contributed by atoms with Crippen molar-refractivity contribution in [2.24, 2.45) is 0 Å². The number of hydrogen-bond acceptors (Lipinski definition) is 4. The molecule has 0 amide bonds. The van der Waals surface area contributed by atoms with Crippen molar-refractivity contribution in [1.29, 1.82) is 0 Å². The minimum Gasteiger partial charge on any atom is -0.456 e. The van der Waals surface area contributed by atoms with E-state index in [-0.39, 0.29) is 0 Å². The second kappa shape index (κ2) is 11.4. The molecular weight excluding hydrogens is 613 g/mol. The molecule has 0 bridgehead atoms. The van der Waals surface area contributed by atoms with Crippen LogP contribution in [0.15, 0.2) is 174 Å². The van der Waals surface area contributed by atoms with E-state index in [2.05, 4.69) is 114 Å². The molecule has 10 rings (SSSR count). The molecule has 0 radical (unpaired) electrons. The lowest BCUT2D eigenvalue weighted by Crippen LogP contribution is -2.00. The van der Waals surface area contributed by atoms with E-state index in [0.717, 1.165) is 55.4 Å². The van der Waals surface area contributed by atoms with Crippen molar-refractivity contribution in [2.45, 2.75) is 0 Å². The molecule has 0 aliphatic heterocycles. The van der Waals surface area contributed by atoms with Gasteiger partial charge >= 0.3 is 0 Å². The van der Waals surface area contributed by atoms with Gasteiger partial charge < -0.3 is 8.98 Å². The smallest absolute Gasteiger partial charge is 0.164 e. The Morgan fingerprint density at radius 1 is 0.340 bits per heavy atom. The van der Waals surface area contributed by atoms with Crippen molar-refractivity contribution >= 4 is 43.7 Å². The largest absolute Gasteiger partial charge is 0.456 e. The highest BCUT2D eigenvalue weighted by atomic mass is 16.3. The number of para-hydroxylation sites is 2. The Balaban J connectivity index is 1.02. The zero-order chi connectivity index (χ0) is 33.0. The molecule has 3 heterocycles. The van der Waals surface area contributed by atoms with Gasteiger partial charge in [0.1, 0.15) is 11.2 Å². The predicted octanol–water partition coefficient (Wildman–Crippen LogP) is 11.5. The number of furan rings is 1. The summed E-state index contributed by atoms with van der Waals surface area (Å²) in [6.45, 7) is 0. The summed E-state index contributed by atoms with van der Waals surface area (Å²) in [5, 5.41) is 4.69. The highest BCUT2D eigenvalue weighted by molar-refractivity contribution is 6.10. The summed E-state index contributed by atoms with van der Waals surface area (Å²) >= 11 is 0. The second-order valence-corrected chi connectivity index (χ2v) is 12.5. The molecule has 0 unspecified atom stereocenters. The zero-order valence-electron chi connectivity index (χ0n) is 26.9. The number of nitrogens with zero attached hydrogens (tertiary/aromatic N) is 4. The fourth-order valence-corrected chi connectivity index (χ4v) is 7.03. The first-order chi connectivity index (χ1) is 24.8. The second-order valence-electron chi connectivity index (χ2n) is 12.5. The maximum atomic E-state index is 6.43. The van der Waals surface area contributed by atoms with Crippen LogP contribution in [0.5, 0.6) is 0 Å². The van der Waals surface area contributed by atoms with Gasteiger partial charge in [0, 0.05) is 43.9 Å². The molecule has 5 nitrogen and oxygen atoms in total. The molecular formula is C45H28N4O. The first kappa shape index (κ1) is 28.2. The molecule has 234 valence electrons. The SMILES string of the molecule is c1ccc(-c2nc(-c3ccccc3)nc(-c3ccc(-c4ccc5c(c4)oc4ccc(-n6c7ccccc7c7ccccc76)cc45)cc3)n2)cc1. The molecule has 0 aliphatic rings. The lowest BCUT2D eigenvalue weighted by atomic mass is 10.0. The van der Waals surface area contributed by atoms with Gasteiger partial charge in [0.05, 0.1) is 11.0 Å². The average Bonchev–Trinajstić information content (AvgIpc) is 3.73. The minimum atomic E-state index is 0.635. The number of hydrogen-bond donors (Lipinski definition) is 0. The summed E-state index contributed by atoms with van der Waals surface area (Å²) in [5.74, 6) is 1.93. The van der Waals surface area contributed by atoms with Crippen molar-refractivity contribution in [3.8, 4) is 51.0 Å². The first-order valence-corrected chi connectivity index (χ1v) is 16.7. The Bertz CT molecular complexity index is 2740. The quantitative estimate of drug-likeness (QED) is 0.188. The molecule has 0 aliphatic carbocycles. The minimum absolute atomic E-state index is 0.635. The van der Waals surface area contributed by atoms with Crippen LogP contribution >= 0.6 is 0 Å². The highest BCUT2D eigenvalue weighted by Crippen LogP contribution is 2.37. The normalized spacial score (nSPS) is 11.6. The molecule has 0 saturated carbocycles. The Hall–Kier alpha value is -6.85. The molecule has 5 heteroatoms. The third kappa shape index (κ3) is 4.67. The molecule has 0 spiro atoms. The molecule has 0 N–H and O–H groups in total. The van der Waals surface area contributed by atoms with Gasteiger partial charge in [-0.25, -0.2) is 15.0 Å². The van der Waals surface area contributed by atoms with Gasteiger partial charge in [0.2, 0.25) is 0 Å². The number of fused-ring (bicyclic) bond motifs is 6. The van der Waals surface area contributed by atoms with Gasteiger partial charge in [0.25, 0.3) is 0 Å². The fraction of sp³-hybridized carbons (Fsp3) is 0. The maximum Gasteiger partial charge on any atom is 0.164 e. The molecule has 3 aromatic heterocycles. The Labute approximate surface area is 287 Å². The third-order valence-electron chi connectivity index (χ3n) is 9.47. The third-order valence-corrected chi connectivity index (χ3v) is 9.47.